The summed E-state index contributed by atoms with van der Waals surface area (Å²) in [5.74, 6) is -0.130. The van der Waals surface area contributed by atoms with Gasteiger partial charge in [-0.15, -0.1) is 0 Å². The highest BCUT2D eigenvalue weighted by molar-refractivity contribution is 6.05. The van der Waals surface area contributed by atoms with E-state index in [0.717, 1.165) is 18.7 Å². The Hall–Kier alpha value is -2.17. The molecule has 5 heteroatoms. The largest absolute Gasteiger partial charge is 0.388 e. The number of rotatable bonds is 3. The van der Waals surface area contributed by atoms with Crippen molar-refractivity contribution in [1.29, 1.82) is 0 Å². The molecule has 0 saturated carbocycles. The molecule has 100 valence electrons. The topological polar surface area (TPSA) is 72.2 Å². The normalized spacial score (nSPS) is 19.2. The Bertz CT molecular complexity index is 544. The minimum Gasteiger partial charge on any atom is -0.388 e. The molecule has 19 heavy (non-hydrogen) atoms. The summed E-state index contributed by atoms with van der Waals surface area (Å²) in [6, 6.07) is 5.66. The van der Waals surface area contributed by atoms with Crippen LogP contribution in [0.2, 0.25) is 0 Å². The molecule has 1 fully saturated rings. The fourth-order valence-electron chi connectivity index (χ4n) is 2.08. The Balaban J connectivity index is 2.12. The van der Waals surface area contributed by atoms with Gasteiger partial charge in [0.2, 0.25) is 0 Å². The quantitative estimate of drug-likeness (QED) is 0.392. The summed E-state index contributed by atoms with van der Waals surface area (Å²) in [6.45, 7) is 5.13. The maximum Gasteiger partial charge on any atom is 0.269 e. The third-order valence-electron chi connectivity index (χ3n) is 3.13. The Morgan fingerprint density at radius 2 is 2.00 bits per heavy atom. The SMILES string of the molecule is CC1(C)CN/C(=C\C(=O)c2ccc([N+](=O)[O-])cc2)C1. The predicted octanol–water partition coefficient (Wildman–Crippen LogP) is 2.68. The Morgan fingerprint density at radius 1 is 1.37 bits per heavy atom. The number of nitrogens with one attached hydrogen (secondary N) is 1. The first-order valence-corrected chi connectivity index (χ1v) is 6.11. The maximum atomic E-state index is 12.0. The lowest BCUT2D eigenvalue weighted by Crippen LogP contribution is -2.15. The van der Waals surface area contributed by atoms with E-state index in [1.807, 2.05) is 0 Å². The summed E-state index contributed by atoms with van der Waals surface area (Å²) < 4.78 is 0. The Labute approximate surface area is 111 Å². The van der Waals surface area contributed by atoms with Gasteiger partial charge in [-0.05, 0) is 24.0 Å². The smallest absolute Gasteiger partial charge is 0.269 e. The van der Waals surface area contributed by atoms with E-state index in [4.69, 9.17) is 0 Å². The third kappa shape index (κ3) is 3.19. The van der Waals surface area contributed by atoms with Crippen molar-refractivity contribution in [2.45, 2.75) is 20.3 Å². The second kappa shape index (κ2) is 4.84. The molecule has 0 atom stereocenters. The van der Waals surface area contributed by atoms with Crippen LogP contribution in [0.5, 0.6) is 0 Å². The van der Waals surface area contributed by atoms with E-state index < -0.39 is 4.92 Å². The van der Waals surface area contributed by atoms with Crippen molar-refractivity contribution >= 4 is 11.5 Å². The second-order valence-corrected chi connectivity index (χ2v) is 5.53. The number of carbonyl (C=O) groups excluding carboxylic acids is 1. The van der Waals surface area contributed by atoms with Crippen LogP contribution < -0.4 is 5.32 Å². The van der Waals surface area contributed by atoms with E-state index >= 15 is 0 Å². The van der Waals surface area contributed by atoms with E-state index in [2.05, 4.69) is 19.2 Å². The molecule has 1 saturated heterocycles. The number of benzene rings is 1. The van der Waals surface area contributed by atoms with Gasteiger partial charge in [-0.25, -0.2) is 0 Å². The van der Waals surface area contributed by atoms with Crippen molar-refractivity contribution in [3.8, 4) is 0 Å². The van der Waals surface area contributed by atoms with Crippen LogP contribution in [-0.2, 0) is 0 Å². The average molecular weight is 260 g/mol. The lowest BCUT2D eigenvalue weighted by Gasteiger charge is -2.12. The molecule has 0 bridgehead atoms. The van der Waals surface area contributed by atoms with E-state index in [1.54, 1.807) is 6.08 Å². The number of nitro groups is 1. The van der Waals surface area contributed by atoms with Crippen LogP contribution >= 0.6 is 0 Å². The van der Waals surface area contributed by atoms with E-state index in [9.17, 15) is 14.9 Å². The van der Waals surface area contributed by atoms with Gasteiger partial charge < -0.3 is 5.32 Å². The van der Waals surface area contributed by atoms with Crippen LogP contribution in [0.15, 0.2) is 36.0 Å². The molecule has 0 unspecified atom stereocenters. The van der Waals surface area contributed by atoms with Crippen LogP contribution in [-0.4, -0.2) is 17.3 Å². The number of nitro benzene ring substituents is 1. The molecule has 0 spiro atoms. The molecule has 0 aliphatic carbocycles. The number of non-ortho nitro benzene ring substituents is 1. The van der Waals surface area contributed by atoms with Crippen LogP contribution in [0.1, 0.15) is 30.6 Å². The van der Waals surface area contributed by atoms with Gasteiger partial charge in [-0.1, -0.05) is 13.8 Å². The van der Waals surface area contributed by atoms with Gasteiger partial charge in [0.15, 0.2) is 5.78 Å². The predicted molar refractivity (Wildman–Crippen MR) is 71.9 cm³/mol. The zero-order valence-electron chi connectivity index (χ0n) is 11.0. The average Bonchev–Trinajstić information content (AvgIpc) is 2.68. The molecule has 2 rings (SSSR count). The standard InChI is InChI=1S/C14H16N2O3/c1-14(2)8-11(15-9-14)7-13(17)10-3-5-12(6-4-10)16(18)19/h3-7,15H,8-9H2,1-2H3/b11-7-. The first-order valence-electron chi connectivity index (χ1n) is 6.11. The zero-order chi connectivity index (χ0) is 14.0. The lowest BCUT2D eigenvalue weighted by molar-refractivity contribution is -0.384. The third-order valence-corrected chi connectivity index (χ3v) is 3.13. The molecule has 1 aromatic carbocycles. The molecular weight excluding hydrogens is 244 g/mol. The molecule has 0 amide bonds. The fourth-order valence-corrected chi connectivity index (χ4v) is 2.08. The molecule has 1 heterocycles. The number of allylic oxidation sites excluding steroid dienone is 2. The van der Waals surface area contributed by atoms with Crippen molar-refractivity contribution in [3.05, 3.63) is 51.7 Å². The van der Waals surface area contributed by atoms with Crippen molar-refractivity contribution < 1.29 is 9.72 Å². The van der Waals surface area contributed by atoms with Crippen LogP contribution in [0.25, 0.3) is 0 Å². The second-order valence-electron chi connectivity index (χ2n) is 5.53. The zero-order valence-corrected chi connectivity index (χ0v) is 11.0. The van der Waals surface area contributed by atoms with E-state index in [0.29, 0.717) is 5.56 Å². The first kappa shape index (κ1) is 13.3. The molecule has 1 aliphatic heterocycles. The van der Waals surface area contributed by atoms with Crippen molar-refractivity contribution in [1.82, 2.24) is 5.32 Å². The molecular formula is C14H16N2O3. The molecule has 5 nitrogen and oxygen atoms in total. The number of carbonyl (C=O) groups is 1. The minimum atomic E-state index is -0.478. The number of nitrogens with zero attached hydrogens (tertiary/aromatic N) is 1. The summed E-state index contributed by atoms with van der Waals surface area (Å²) in [5, 5.41) is 13.7. The van der Waals surface area contributed by atoms with Gasteiger partial charge >= 0.3 is 0 Å². The van der Waals surface area contributed by atoms with E-state index in [-0.39, 0.29) is 16.9 Å². The molecule has 0 aromatic heterocycles. The van der Waals surface area contributed by atoms with Crippen LogP contribution in [0.3, 0.4) is 0 Å². The first-order chi connectivity index (χ1) is 8.87. The summed E-state index contributed by atoms with van der Waals surface area (Å²) in [6.07, 6.45) is 2.42. The van der Waals surface area contributed by atoms with E-state index in [1.165, 1.54) is 24.3 Å². The van der Waals surface area contributed by atoms with Crippen molar-refractivity contribution in [3.63, 3.8) is 0 Å². The highest BCUT2D eigenvalue weighted by Crippen LogP contribution is 2.29. The lowest BCUT2D eigenvalue weighted by atomic mass is 9.92. The number of hydrogen-bond donors (Lipinski definition) is 1. The number of ketones is 1. The Kier molecular flexibility index (Phi) is 3.38. The maximum absolute atomic E-state index is 12.0. The van der Waals surface area contributed by atoms with Gasteiger partial charge in [0.25, 0.3) is 5.69 Å². The van der Waals surface area contributed by atoms with Crippen molar-refractivity contribution in [2.75, 3.05) is 6.54 Å². The monoisotopic (exact) mass is 260 g/mol. The molecule has 1 N–H and O–H groups in total. The van der Waals surface area contributed by atoms with Gasteiger partial charge in [0.1, 0.15) is 0 Å². The van der Waals surface area contributed by atoms with Crippen molar-refractivity contribution in [2.24, 2.45) is 5.41 Å². The summed E-state index contributed by atoms with van der Waals surface area (Å²) in [7, 11) is 0. The van der Waals surface area contributed by atoms with Gasteiger partial charge in [-0.2, -0.15) is 0 Å². The van der Waals surface area contributed by atoms with Gasteiger partial charge in [0, 0.05) is 36.0 Å². The molecule has 0 radical (unpaired) electrons. The Morgan fingerprint density at radius 3 is 2.47 bits per heavy atom. The van der Waals surface area contributed by atoms with Crippen LogP contribution in [0, 0.1) is 15.5 Å². The molecule has 1 aromatic rings. The number of hydrogen-bond acceptors (Lipinski definition) is 4. The van der Waals surface area contributed by atoms with Gasteiger partial charge in [0.05, 0.1) is 4.92 Å². The summed E-state index contributed by atoms with van der Waals surface area (Å²) in [4.78, 5) is 22.1. The highest BCUT2D eigenvalue weighted by Gasteiger charge is 2.26. The molecule has 1 aliphatic rings. The minimum absolute atomic E-state index is 0.00988. The fraction of sp³-hybridized carbons (Fsp3) is 0.357. The summed E-state index contributed by atoms with van der Waals surface area (Å²) in [5.41, 5.74) is 1.55. The van der Waals surface area contributed by atoms with Crippen LogP contribution in [0.4, 0.5) is 5.69 Å². The highest BCUT2D eigenvalue weighted by atomic mass is 16.6. The summed E-state index contributed by atoms with van der Waals surface area (Å²) >= 11 is 0. The van der Waals surface area contributed by atoms with Gasteiger partial charge in [-0.3, -0.25) is 14.9 Å².